The predicted octanol–water partition coefficient (Wildman–Crippen LogP) is 3.83. The zero-order valence-corrected chi connectivity index (χ0v) is 19.9. The molecule has 174 valence electrons. The number of piperazine rings is 1. The topological polar surface area (TPSA) is 71.5 Å². The Bertz CT molecular complexity index is 1270. The van der Waals surface area contributed by atoms with Crippen molar-refractivity contribution in [3.63, 3.8) is 0 Å². The second kappa shape index (κ2) is 9.35. The first-order chi connectivity index (χ1) is 16.5. The molecule has 1 amide bonds. The number of rotatable bonds is 4. The average molecular weight is 456 g/mol. The smallest absolute Gasteiger partial charge is 0.250 e. The summed E-state index contributed by atoms with van der Waals surface area (Å²) < 4.78 is 5.18. The molecule has 34 heavy (non-hydrogen) atoms. The van der Waals surface area contributed by atoms with Gasteiger partial charge >= 0.3 is 0 Å². The number of nitrogens with zero attached hydrogens (tertiary/aromatic N) is 5. The van der Waals surface area contributed by atoms with Gasteiger partial charge in [0.25, 0.3) is 0 Å². The zero-order chi connectivity index (χ0) is 23.7. The Morgan fingerprint density at radius 2 is 1.82 bits per heavy atom. The first kappa shape index (κ1) is 22.2. The lowest BCUT2D eigenvalue weighted by atomic mass is 9.85. The molecule has 2 aliphatic rings. The normalized spacial score (nSPS) is 19.0. The van der Waals surface area contributed by atoms with E-state index in [0.29, 0.717) is 12.3 Å². The first-order valence-corrected chi connectivity index (χ1v) is 11.6. The number of pyridine rings is 1. The third-order valence-corrected chi connectivity index (χ3v) is 6.82. The van der Waals surface area contributed by atoms with E-state index in [1.54, 1.807) is 13.4 Å². The highest BCUT2D eigenvalue weighted by atomic mass is 16.5. The van der Waals surface area contributed by atoms with Gasteiger partial charge in [0.15, 0.2) is 0 Å². The van der Waals surface area contributed by atoms with Gasteiger partial charge in [-0.1, -0.05) is 18.2 Å². The molecule has 1 aliphatic carbocycles. The Kier molecular flexibility index (Phi) is 6.11. The molecule has 0 saturated carbocycles. The fourth-order valence-electron chi connectivity index (χ4n) is 4.68. The van der Waals surface area contributed by atoms with Crippen LogP contribution in [0, 0.1) is 0 Å². The van der Waals surface area contributed by atoms with Crippen LogP contribution in [0.2, 0.25) is 0 Å². The number of benzene rings is 1. The molecule has 1 aliphatic heterocycles. The molecule has 2 aromatic heterocycles. The van der Waals surface area contributed by atoms with E-state index in [0.717, 1.165) is 65.0 Å². The molecule has 1 aromatic carbocycles. The number of aromatic nitrogens is 3. The minimum Gasteiger partial charge on any atom is -0.481 e. The van der Waals surface area contributed by atoms with Crippen LogP contribution in [0.15, 0.2) is 66.2 Å². The number of amides is 1. The van der Waals surface area contributed by atoms with E-state index in [2.05, 4.69) is 45.1 Å². The number of carbonyl (C=O) groups is 1. The first-order valence-electron chi connectivity index (χ1n) is 11.6. The highest BCUT2D eigenvalue weighted by Crippen LogP contribution is 2.35. The molecule has 1 fully saturated rings. The molecule has 7 heteroatoms. The molecule has 0 spiro atoms. The lowest BCUT2D eigenvalue weighted by Crippen LogP contribution is -2.47. The van der Waals surface area contributed by atoms with Crippen LogP contribution in [0.4, 0.5) is 0 Å². The molecule has 1 atom stereocenters. The lowest BCUT2D eigenvalue weighted by Gasteiger charge is -2.34. The average Bonchev–Trinajstić information content (AvgIpc) is 2.88. The van der Waals surface area contributed by atoms with Crippen molar-refractivity contribution < 1.29 is 9.53 Å². The summed E-state index contributed by atoms with van der Waals surface area (Å²) >= 11 is 0. The number of ether oxygens (including phenoxy) is 1. The van der Waals surface area contributed by atoms with Crippen LogP contribution in [0.5, 0.6) is 5.88 Å². The lowest BCUT2D eigenvalue weighted by molar-refractivity contribution is -0.128. The van der Waals surface area contributed by atoms with Crippen LogP contribution in [-0.2, 0) is 4.79 Å². The van der Waals surface area contributed by atoms with E-state index in [9.17, 15) is 4.79 Å². The van der Waals surface area contributed by atoms with Gasteiger partial charge in [-0.3, -0.25) is 4.79 Å². The zero-order valence-electron chi connectivity index (χ0n) is 19.9. The number of hydrogen-bond acceptors (Lipinski definition) is 6. The van der Waals surface area contributed by atoms with Crippen molar-refractivity contribution >= 4 is 16.8 Å². The summed E-state index contributed by atoms with van der Waals surface area (Å²) in [6.45, 7) is 5.41. The summed E-state index contributed by atoms with van der Waals surface area (Å²) in [5, 5.41) is 0.997. The summed E-state index contributed by atoms with van der Waals surface area (Å²) in [6.07, 6.45) is 8.31. The van der Waals surface area contributed by atoms with E-state index in [1.165, 1.54) is 0 Å². The second-order valence-corrected chi connectivity index (χ2v) is 9.01. The van der Waals surface area contributed by atoms with Crippen LogP contribution in [-0.4, -0.2) is 71.0 Å². The standard InChI is InChI=1S/C27H29N5O2/c1-18-4-5-20(15-22(18)27(33)32-12-10-31(2)11-13-32)26-23-14-19(6-8-24(23)29-17-30-26)21-7-9-25(34-3)28-16-21/h4-9,14,16-17,20H,10-13,15H2,1-3H3. The van der Waals surface area contributed by atoms with E-state index < -0.39 is 0 Å². The molecule has 0 radical (unpaired) electrons. The Morgan fingerprint density at radius 3 is 2.56 bits per heavy atom. The van der Waals surface area contributed by atoms with Gasteiger partial charge < -0.3 is 14.5 Å². The van der Waals surface area contributed by atoms with E-state index >= 15 is 0 Å². The summed E-state index contributed by atoms with van der Waals surface area (Å²) in [4.78, 5) is 31.1. The molecule has 0 bridgehead atoms. The number of carbonyl (C=O) groups excluding carboxylic acids is 1. The Hall–Kier alpha value is -3.58. The van der Waals surface area contributed by atoms with Crippen LogP contribution >= 0.6 is 0 Å². The van der Waals surface area contributed by atoms with Crippen LogP contribution < -0.4 is 4.74 Å². The Morgan fingerprint density at radius 1 is 1.03 bits per heavy atom. The van der Waals surface area contributed by atoms with E-state index in [-0.39, 0.29) is 11.8 Å². The highest BCUT2D eigenvalue weighted by molar-refractivity contribution is 5.95. The van der Waals surface area contributed by atoms with Gasteiger partial charge in [0.2, 0.25) is 11.8 Å². The third kappa shape index (κ3) is 4.31. The van der Waals surface area contributed by atoms with Gasteiger partial charge in [-0.05, 0) is 49.7 Å². The van der Waals surface area contributed by atoms with Crippen LogP contribution in [0.3, 0.4) is 0 Å². The van der Waals surface area contributed by atoms with Crippen molar-refractivity contribution in [1.82, 2.24) is 24.8 Å². The minimum atomic E-state index is 0.0184. The highest BCUT2D eigenvalue weighted by Gasteiger charge is 2.28. The van der Waals surface area contributed by atoms with Crippen molar-refractivity contribution in [2.24, 2.45) is 0 Å². The number of likely N-dealkylation sites (N-methyl/N-ethyl adjacent to an activating group) is 1. The molecule has 3 heterocycles. The van der Waals surface area contributed by atoms with Gasteiger partial charge in [0, 0.05) is 60.9 Å². The molecule has 0 N–H and O–H groups in total. The largest absolute Gasteiger partial charge is 0.481 e. The van der Waals surface area contributed by atoms with Crippen molar-refractivity contribution in [2.45, 2.75) is 19.3 Å². The fraction of sp³-hybridized carbons (Fsp3) is 0.333. The molecule has 1 unspecified atom stereocenters. The molecule has 7 nitrogen and oxygen atoms in total. The summed E-state index contributed by atoms with van der Waals surface area (Å²) in [5.41, 5.74) is 5.81. The summed E-state index contributed by atoms with van der Waals surface area (Å²) in [6, 6.07) is 10.0. The van der Waals surface area contributed by atoms with Gasteiger partial charge in [-0.2, -0.15) is 0 Å². The number of hydrogen-bond donors (Lipinski definition) is 0. The molecule has 3 aromatic rings. The SMILES string of the molecule is COc1ccc(-c2ccc3ncnc(C4C=CC(C)=C(C(=O)N5CCN(C)CC5)C4)c3c2)cn1. The summed E-state index contributed by atoms with van der Waals surface area (Å²) in [7, 11) is 3.71. The second-order valence-electron chi connectivity index (χ2n) is 9.01. The van der Waals surface area contributed by atoms with Crippen molar-refractivity contribution in [1.29, 1.82) is 0 Å². The van der Waals surface area contributed by atoms with Gasteiger partial charge in [0.1, 0.15) is 6.33 Å². The third-order valence-electron chi connectivity index (χ3n) is 6.82. The molecular formula is C27H29N5O2. The van der Waals surface area contributed by atoms with Crippen molar-refractivity contribution in [2.75, 3.05) is 40.3 Å². The molecule has 1 saturated heterocycles. The van der Waals surface area contributed by atoms with Crippen LogP contribution in [0.25, 0.3) is 22.0 Å². The maximum Gasteiger partial charge on any atom is 0.250 e. The monoisotopic (exact) mass is 455 g/mol. The minimum absolute atomic E-state index is 0.0184. The maximum atomic E-state index is 13.4. The van der Waals surface area contributed by atoms with Crippen molar-refractivity contribution in [3.05, 3.63) is 71.8 Å². The predicted molar refractivity (Wildman–Crippen MR) is 133 cm³/mol. The number of allylic oxidation sites excluding steroid dienone is 3. The number of methoxy groups -OCH3 is 1. The summed E-state index contributed by atoms with van der Waals surface area (Å²) in [5.74, 6) is 0.758. The van der Waals surface area contributed by atoms with Gasteiger partial charge in [-0.25, -0.2) is 15.0 Å². The maximum absolute atomic E-state index is 13.4. The Balaban J connectivity index is 1.45. The molecule has 5 rings (SSSR count). The van der Waals surface area contributed by atoms with Gasteiger partial charge in [-0.15, -0.1) is 0 Å². The number of fused-ring (bicyclic) bond motifs is 1. The van der Waals surface area contributed by atoms with Crippen molar-refractivity contribution in [3.8, 4) is 17.0 Å². The van der Waals surface area contributed by atoms with E-state index in [1.807, 2.05) is 42.3 Å². The van der Waals surface area contributed by atoms with Gasteiger partial charge in [0.05, 0.1) is 18.3 Å². The molecular weight excluding hydrogens is 426 g/mol. The van der Waals surface area contributed by atoms with Crippen LogP contribution in [0.1, 0.15) is 25.0 Å². The quantitative estimate of drug-likeness (QED) is 0.595. The fourth-order valence-corrected chi connectivity index (χ4v) is 4.68. The Labute approximate surface area is 199 Å². The van der Waals surface area contributed by atoms with E-state index in [4.69, 9.17) is 4.74 Å².